The van der Waals surface area contributed by atoms with Gasteiger partial charge in [0.25, 0.3) is 11.8 Å². The van der Waals surface area contributed by atoms with Gasteiger partial charge in [-0.1, -0.05) is 0 Å². The van der Waals surface area contributed by atoms with Crippen LogP contribution in [0.15, 0.2) is 18.2 Å². The van der Waals surface area contributed by atoms with Crippen molar-refractivity contribution in [3.8, 4) is 0 Å². The van der Waals surface area contributed by atoms with Crippen LogP contribution < -0.4 is 10.2 Å². The Morgan fingerprint density at radius 1 is 0.970 bits per heavy atom. The van der Waals surface area contributed by atoms with Crippen molar-refractivity contribution < 1.29 is 28.7 Å². The molecule has 2 saturated heterocycles. The minimum absolute atomic E-state index is 0.104. The molecule has 4 amide bonds. The second-order valence-corrected chi connectivity index (χ2v) is 8.30. The van der Waals surface area contributed by atoms with Crippen LogP contribution in [0, 0.1) is 0 Å². The zero-order valence-electron chi connectivity index (χ0n) is 19.0. The molecule has 3 aliphatic rings. The quantitative estimate of drug-likeness (QED) is 0.446. The summed E-state index contributed by atoms with van der Waals surface area (Å²) in [7, 11) is 0. The number of hydrogen-bond acceptors (Lipinski definition) is 8. The third-order valence-electron chi connectivity index (χ3n) is 6.27. The van der Waals surface area contributed by atoms with Crippen molar-refractivity contribution in [2.45, 2.75) is 39.0 Å². The number of carbonyl (C=O) groups excluding carboxylic acids is 4. The lowest BCUT2D eigenvalue weighted by Gasteiger charge is -2.37. The first-order valence-electron chi connectivity index (χ1n) is 11.5. The molecule has 3 aliphatic heterocycles. The Balaban J connectivity index is 1.42. The Labute approximate surface area is 192 Å². The lowest BCUT2D eigenvalue weighted by Crippen LogP contribution is -2.54. The highest BCUT2D eigenvalue weighted by atomic mass is 16.7. The SMILES string of the molecule is CCOC(CN1CCN(c2ccc3c(c2)C(=O)N(C2CCC(=O)NC2=O)C3=O)CC1)OCC. The lowest BCUT2D eigenvalue weighted by molar-refractivity contribution is -0.147. The number of rotatable bonds is 8. The minimum atomic E-state index is -0.953. The van der Waals surface area contributed by atoms with Crippen molar-refractivity contribution in [2.24, 2.45) is 0 Å². The number of amides is 4. The number of carbonyl (C=O) groups is 4. The number of hydrogen-bond donors (Lipinski definition) is 1. The van der Waals surface area contributed by atoms with Gasteiger partial charge >= 0.3 is 0 Å². The van der Waals surface area contributed by atoms with Gasteiger partial charge in [-0.25, -0.2) is 0 Å². The fourth-order valence-corrected chi connectivity index (χ4v) is 4.58. The molecule has 1 unspecified atom stereocenters. The summed E-state index contributed by atoms with van der Waals surface area (Å²) in [5, 5.41) is 2.22. The van der Waals surface area contributed by atoms with Crippen LogP contribution in [0.4, 0.5) is 5.69 Å². The molecule has 178 valence electrons. The van der Waals surface area contributed by atoms with Crippen molar-refractivity contribution in [1.29, 1.82) is 0 Å². The average molecular weight is 459 g/mol. The Kier molecular flexibility index (Phi) is 7.06. The monoisotopic (exact) mass is 458 g/mol. The highest BCUT2D eigenvalue weighted by Gasteiger charge is 2.44. The van der Waals surface area contributed by atoms with Crippen molar-refractivity contribution in [2.75, 3.05) is 50.8 Å². The van der Waals surface area contributed by atoms with Crippen LogP contribution in [0.5, 0.6) is 0 Å². The average Bonchev–Trinajstić information content (AvgIpc) is 3.04. The van der Waals surface area contributed by atoms with Crippen LogP contribution in [-0.2, 0) is 19.1 Å². The molecule has 0 bridgehead atoms. The highest BCUT2D eigenvalue weighted by molar-refractivity contribution is 6.23. The molecular weight excluding hydrogens is 428 g/mol. The largest absolute Gasteiger partial charge is 0.369 e. The van der Waals surface area contributed by atoms with E-state index in [0.29, 0.717) is 30.9 Å². The van der Waals surface area contributed by atoms with Gasteiger partial charge in [-0.05, 0) is 38.5 Å². The third-order valence-corrected chi connectivity index (χ3v) is 6.27. The van der Waals surface area contributed by atoms with Crippen LogP contribution >= 0.6 is 0 Å². The van der Waals surface area contributed by atoms with Gasteiger partial charge in [-0.15, -0.1) is 0 Å². The van der Waals surface area contributed by atoms with Crippen LogP contribution in [0.25, 0.3) is 0 Å². The second kappa shape index (κ2) is 9.98. The van der Waals surface area contributed by atoms with E-state index in [9.17, 15) is 19.2 Å². The number of piperidine rings is 1. The summed E-state index contributed by atoms with van der Waals surface area (Å²) in [5.41, 5.74) is 1.46. The number of fused-ring (bicyclic) bond motifs is 1. The van der Waals surface area contributed by atoms with Gasteiger partial charge in [0, 0.05) is 58.0 Å². The lowest BCUT2D eigenvalue weighted by atomic mass is 10.0. The Bertz CT molecular complexity index is 937. The molecule has 1 aromatic carbocycles. The molecule has 0 aromatic heterocycles. The number of nitrogens with one attached hydrogen (secondary N) is 1. The zero-order chi connectivity index (χ0) is 23.5. The van der Waals surface area contributed by atoms with E-state index in [1.165, 1.54) is 0 Å². The van der Waals surface area contributed by atoms with Gasteiger partial charge in [-0.2, -0.15) is 0 Å². The van der Waals surface area contributed by atoms with Crippen molar-refractivity contribution >= 4 is 29.3 Å². The standard InChI is InChI=1S/C23H30N4O6/c1-3-32-20(33-4-2)14-25-9-11-26(12-10-25)15-5-6-16-17(13-15)23(31)27(22(16)30)18-7-8-19(28)24-21(18)29/h5-6,13,18,20H,3-4,7-12,14H2,1-2H3,(H,24,28,29). The van der Waals surface area contributed by atoms with Crippen molar-refractivity contribution in [3.05, 3.63) is 29.3 Å². The van der Waals surface area contributed by atoms with Crippen LogP contribution in [0.1, 0.15) is 47.4 Å². The van der Waals surface area contributed by atoms with Crippen molar-refractivity contribution in [1.82, 2.24) is 15.1 Å². The Morgan fingerprint density at radius 2 is 1.64 bits per heavy atom. The van der Waals surface area contributed by atoms with E-state index >= 15 is 0 Å². The van der Waals surface area contributed by atoms with E-state index in [0.717, 1.165) is 36.8 Å². The number of imide groups is 2. The van der Waals surface area contributed by atoms with Crippen LogP contribution in [0.2, 0.25) is 0 Å². The molecule has 0 radical (unpaired) electrons. The minimum Gasteiger partial charge on any atom is -0.369 e. The summed E-state index contributed by atoms with van der Waals surface area (Å²) in [5.74, 6) is -1.96. The predicted octanol–water partition coefficient (Wildman–Crippen LogP) is 0.609. The summed E-state index contributed by atoms with van der Waals surface area (Å²) < 4.78 is 11.3. The maximum absolute atomic E-state index is 13.1. The topological polar surface area (TPSA) is 108 Å². The molecule has 3 heterocycles. The first-order valence-corrected chi connectivity index (χ1v) is 11.5. The molecule has 1 N–H and O–H groups in total. The molecule has 2 fully saturated rings. The van der Waals surface area contributed by atoms with Gasteiger partial charge < -0.3 is 14.4 Å². The molecule has 10 heteroatoms. The van der Waals surface area contributed by atoms with E-state index in [-0.39, 0.29) is 25.0 Å². The van der Waals surface area contributed by atoms with Gasteiger partial charge in [0.05, 0.1) is 11.1 Å². The molecule has 1 aromatic rings. The Hall–Kier alpha value is -2.82. The number of anilines is 1. The van der Waals surface area contributed by atoms with Crippen molar-refractivity contribution in [3.63, 3.8) is 0 Å². The molecule has 33 heavy (non-hydrogen) atoms. The fraction of sp³-hybridized carbons (Fsp3) is 0.565. The summed E-state index contributed by atoms with van der Waals surface area (Å²) in [6.45, 7) is 8.98. The Morgan fingerprint density at radius 3 is 2.27 bits per heavy atom. The molecule has 0 spiro atoms. The summed E-state index contributed by atoms with van der Waals surface area (Å²) in [4.78, 5) is 55.1. The predicted molar refractivity (Wildman–Crippen MR) is 119 cm³/mol. The summed E-state index contributed by atoms with van der Waals surface area (Å²) >= 11 is 0. The summed E-state index contributed by atoms with van der Waals surface area (Å²) in [6.07, 6.45) is 0.0100. The maximum atomic E-state index is 13.1. The molecule has 10 nitrogen and oxygen atoms in total. The number of piperazine rings is 1. The smallest absolute Gasteiger partial charge is 0.262 e. The number of nitrogens with zero attached hydrogens (tertiary/aromatic N) is 3. The van der Waals surface area contributed by atoms with E-state index in [4.69, 9.17) is 9.47 Å². The third kappa shape index (κ3) is 4.78. The number of benzene rings is 1. The normalized spacial score (nSPS) is 21.7. The molecule has 0 aliphatic carbocycles. The van der Waals surface area contributed by atoms with E-state index in [1.54, 1.807) is 12.1 Å². The summed E-state index contributed by atoms with van der Waals surface area (Å²) in [6, 6.07) is 4.28. The van der Waals surface area contributed by atoms with Gasteiger partial charge in [-0.3, -0.25) is 34.3 Å². The van der Waals surface area contributed by atoms with E-state index in [2.05, 4.69) is 15.1 Å². The molecule has 0 saturated carbocycles. The first-order chi connectivity index (χ1) is 15.9. The highest BCUT2D eigenvalue weighted by Crippen LogP contribution is 2.31. The van der Waals surface area contributed by atoms with Gasteiger partial charge in [0.15, 0.2) is 6.29 Å². The van der Waals surface area contributed by atoms with Gasteiger partial charge in [0.2, 0.25) is 11.8 Å². The molecule has 4 rings (SSSR count). The molecule has 1 atom stereocenters. The first kappa shape index (κ1) is 23.3. The molecular formula is C23H30N4O6. The zero-order valence-corrected chi connectivity index (χ0v) is 19.0. The van der Waals surface area contributed by atoms with Gasteiger partial charge in [0.1, 0.15) is 6.04 Å². The van der Waals surface area contributed by atoms with Crippen LogP contribution in [-0.4, -0.2) is 91.7 Å². The second-order valence-electron chi connectivity index (χ2n) is 8.30. The maximum Gasteiger partial charge on any atom is 0.262 e. The number of ether oxygens (including phenoxy) is 2. The van der Waals surface area contributed by atoms with E-state index in [1.807, 2.05) is 19.9 Å². The van der Waals surface area contributed by atoms with E-state index < -0.39 is 23.8 Å². The van der Waals surface area contributed by atoms with Crippen LogP contribution in [0.3, 0.4) is 0 Å². The fourth-order valence-electron chi connectivity index (χ4n) is 4.58.